The zero-order valence-electron chi connectivity index (χ0n) is 9.44. The van der Waals surface area contributed by atoms with Gasteiger partial charge in [-0.3, -0.25) is 4.79 Å². The number of alkyl halides is 4. The number of rotatable bonds is 4. The highest BCUT2D eigenvalue weighted by atomic mass is 19.3. The molecule has 0 aliphatic carbocycles. The van der Waals surface area contributed by atoms with Gasteiger partial charge in [0.1, 0.15) is 0 Å². The Hall–Kier alpha value is -1.39. The Labute approximate surface area is 96.4 Å². The SMILES string of the molecule is Cc1ccc(C)c(CC(=O)C(F)(F)C(F)F)c1. The third kappa shape index (κ3) is 3.05. The lowest BCUT2D eigenvalue weighted by Crippen LogP contribution is -2.37. The maximum absolute atomic E-state index is 12.8. The molecule has 0 unspecified atom stereocenters. The zero-order chi connectivity index (χ0) is 13.2. The van der Waals surface area contributed by atoms with Gasteiger partial charge >= 0.3 is 12.3 Å². The molecule has 0 heterocycles. The summed E-state index contributed by atoms with van der Waals surface area (Å²) >= 11 is 0. The van der Waals surface area contributed by atoms with Gasteiger partial charge < -0.3 is 0 Å². The van der Waals surface area contributed by atoms with Gasteiger partial charge in [-0.1, -0.05) is 23.8 Å². The van der Waals surface area contributed by atoms with Crippen LogP contribution in [-0.4, -0.2) is 18.1 Å². The Kier molecular flexibility index (Phi) is 3.91. The van der Waals surface area contributed by atoms with Gasteiger partial charge in [0.25, 0.3) is 0 Å². The Balaban J connectivity index is 2.92. The first kappa shape index (κ1) is 13.7. The fourth-order valence-electron chi connectivity index (χ4n) is 1.40. The number of halogens is 4. The van der Waals surface area contributed by atoms with E-state index in [0.29, 0.717) is 11.1 Å². The first-order valence-corrected chi connectivity index (χ1v) is 5.00. The van der Waals surface area contributed by atoms with Gasteiger partial charge in [0.15, 0.2) is 0 Å². The Morgan fingerprint density at radius 1 is 1.29 bits per heavy atom. The van der Waals surface area contributed by atoms with Crippen molar-refractivity contribution in [1.82, 2.24) is 0 Å². The minimum Gasteiger partial charge on any atom is -0.292 e. The predicted molar refractivity (Wildman–Crippen MR) is 55.6 cm³/mol. The van der Waals surface area contributed by atoms with Crippen molar-refractivity contribution in [3.8, 4) is 0 Å². The quantitative estimate of drug-likeness (QED) is 0.747. The average molecular weight is 248 g/mol. The second kappa shape index (κ2) is 4.85. The fourth-order valence-corrected chi connectivity index (χ4v) is 1.40. The topological polar surface area (TPSA) is 17.1 Å². The average Bonchev–Trinajstić information content (AvgIpc) is 2.23. The molecule has 1 rings (SSSR count). The van der Waals surface area contributed by atoms with E-state index < -0.39 is 24.6 Å². The third-order valence-electron chi connectivity index (χ3n) is 2.50. The maximum Gasteiger partial charge on any atom is 0.364 e. The van der Waals surface area contributed by atoms with Crippen LogP contribution < -0.4 is 0 Å². The fraction of sp³-hybridized carbons (Fsp3) is 0.417. The van der Waals surface area contributed by atoms with Crippen LogP contribution in [0.1, 0.15) is 16.7 Å². The van der Waals surface area contributed by atoms with E-state index in [1.54, 1.807) is 32.0 Å². The summed E-state index contributed by atoms with van der Waals surface area (Å²) < 4.78 is 49.5. The molecule has 0 N–H and O–H groups in total. The Morgan fingerprint density at radius 2 is 1.88 bits per heavy atom. The molecule has 0 amide bonds. The van der Waals surface area contributed by atoms with Gasteiger partial charge in [0.2, 0.25) is 5.78 Å². The summed E-state index contributed by atoms with van der Waals surface area (Å²) in [6.45, 7) is 3.38. The summed E-state index contributed by atoms with van der Waals surface area (Å²) in [5.74, 6) is -6.32. The van der Waals surface area contributed by atoms with Crippen molar-refractivity contribution in [3.63, 3.8) is 0 Å². The standard InChI is InChI=1S/C12H12F4O/c1-7-3-4-8(2)9(5-7)6-10(17)12(15,16)11(13)14/h3-5,11H,6H2,1-2H3. The van der Waals surface area contributed by atoms with Crippen molar-refractivity contribution in [2.75, 3.05) is 0 Å². The minimum absolute atomic E-state index is 0.357. The van der Waals surface area contributed by atoms with E-state index in [-0.39, 0.29) is 0 Å². The van der Waals surface area contributed by atoms with Gasteiger partial charge in [-0.2, -0.15) is 8.78 Å². The molecule has 0 aliphatic heterocycles. The molecule has 0 aromatic heterocycles. The molecular formula is C12H12F4O. The highest BCUT2D eigenvalue weighted by Crippen LogP contribution is 2.26. The van der Waals surface area contributed by atoms with Crippen molar-refractivity contribution in [2.45, 2.75) is 32.6 Å². The van der Waals surface area contributed by atoms with E-state index in [0.717, 1.165) is 5.56 Å². The van der Waals surface area contributed by atoms with Gasteiger partial charge in [-0.15, -0.1) is 0 Å². The number of hydrogen-bond donors (Lipinski definition) is 0. The Bertz CT molecular complexity index is 427. The van der Waals surface area contributed by atoms with Gasteiger partial charge in [0, 0.05) is 6.42 Å². The highest BCUT2D eigenvalue weighted by molar-refractivity contribution is 5.88. The molecule has 0 fully saturated rings. The Morgan fingerprint density at radius 3 is 2.41 bits per heavy atom. The second-order valence-electron chi connectivity index (χ2n) is 3.95. The summed E-state index contributed by atoms with van der Waals surface area (Å²) in [5.41, 5.74) is 1.78. The van der Waals surface area contributed by atoms with E-state index in [9.17, 15) is 22.4 Å². The third-order valence-corrected chi connectivity index (χ3v) is 2.50. The van der Waals surface area contributed by atoms with Crippen LogP contribution in [0.3, 0.4) is 0 Å². The smallest absolute Gasteiger partial charge is 0.292 e. The molecule has 0 saturated heterocycles. The zero-order valence-corrected chi connectivity index (χ0v) is 9.44. The van der Waals surface area contributed by atoms with Gasteiger partial charge in [0.05, 0.1) is 0 Å². The van der Waals surface area contributed by atoms with Crippen LogP contribution in [0.4, 0.5) is 17.6 Å². The van der Waals surface area contributed by atoms with Crippen LogP contribution in [0.25, 0.3) is 0 Å². The molecule has 0 spiro atoms. The van der Waals surface area contributed by atoms with E-state index >= 15 is 0 Å². The molecule has 1 aromatic rings. The number of carbonyl (C=O) groups excluding carboxylic acids is 1. The number of benzene rings is 1. The van der Waals surface area contributed by atoms with Crippen LogP contribution in [0.2, 0.25) is 0 Å². The summed E-state index contributed by atoms with van der Waals surface area (Å²) in [7, 11) is 0. The van der Waals surface area contributed by atoms with E-state index in [4.69, 9.17) is 0 Å². The van der Waals surface area contributed by atoms with Crippen molar-refractivity contribution in [1.29, 1.82) is 0 Å². The number of ketones is 1. The van der Waals surface area contributed by atoms with Crippen LogP contribution >= 0.6 is 0 Å². The lowest BCUT2D eigenvalue weighted by molar-refractivity contribution is -0.166. The second-order valence-corrected chi connectivity index (χ2v) is 3.95. The summed E-state index contributed by atoms with van der Waals surface area (Å²) in [6, 6.07) is 4.97. The summed E-state index contributed by atoms with van der Waals surface area (Å²) in [4.78, 5) is 11.1. The normalized spacial score (nSPS) is 11.9. The number of carbonyl (C=O) groups is 1. The van der Waals surface area contributed by atoms with Crippen LogP contribution in [0.5, 0.6) is 0 Å². The summed E-state index contributed by atoms with van der Waals surface area (Å²) in [5, 5.41) is 0. The lowest BCUT2D eigenvalue weighted by Gasteiger charge is -2.14. The van der Waals surface area contributed by atoms with Crippen LogP contribution in [0.15, 0.2) is 18.2 Å². The lowest BCUT2D eigenvalue weighted by atomic mass is 9.99. The van der Waals surface area contributed by atoms with Crippen LogP contribution in [-0.2, 0) is 11.2 Å². The van der Waals surface area contributed by atoms with Crippen molar-refractivity contribution in [2.24, 2.45) is 0 Å². The molecular weight excluding hydrogens is 236 g/mol. The minimum atomic E-state index is -4.57. The van der Waals surface area contributed by atoms with Crippen LogP contribution in [0, 0.1) is 13.8 Å². The number of hydrogen-bond acceptors (Lipinski definition) is 1. The molecule has 0 aliphatic rings. The van der Waals surface area contributed by atoms with E-state index in [1.165, 1.54) is 0 Å². The van der Waals surface area contributed by atoms with E-state index in [1.807, 2.05) is 0 Å². The molecule has 0 radical (unpaired) electrons. The number of aryl methyl sites for hydroxylation is 2. The molecule has 5 heteroatoms. The molecule has 1 nitrogen and oxygen atoms in total. The molecule has 1 aromatic carbocycles. The van der Waals surface area contributed by atoms with Gasteiger partial charge in [-0.25, -0.2) is 8.78 Å². The van der Waals surface area contributed by atoms with E-state index in [2.05, 4.69) is 0 Å². The highest BCUT2D eigenvalue weighted by Gasteiger charge is 2.48. The molecule has 0 atom stereocenters. The largest absolute Gasteiger partial charge is 0.364 e. The number of Topliss-reactive ketones (excluding diaryl/α,β-unsaturated/α-hetero) is 1. The van der Waals surface area contributed by atoms with Crippen molar-refractivity contribution >= 4 is 5.78 Å². The summed E-state index contributed by atoms with van der Waals surface area (Å²) in [6.07, 6.45) is -4.63. The first-order chi connectivity index (χ1) is 7.75. The monoisotopic (exact) mass is 248 g/mol. The molecule has 0 saturated carbocycles. The molecule has 0 bridgehead atoms. The van der Waals surface area contributed by atoms with Gasteiger partial charge in [-0.05, 0) is 25.0 Å². The van der Waals surface area contributed by atoms with Crippen molar-refractivity contribution in [3.05, 3.63) is 34.9 Å². The predicted octanol–water partition coefficient (Wildman–Crippen LogP) is 3.32. The molecule has 94 valence electrons. The van der Waals surface area contributed by atoms with Crippen molar-refractivity contribution < 1.29 is 22.4 Å². The molecule has 17 heavy (non-hydrogen) atoms. The first-order valence-electron chi connectivity index (χ1n) is 5.00. The maximum atomic E-state index is 12.8.